The first-order valence-corrected chi connectivity index (χ1v) is 4.49. The van der Waals surface area contributed by atoms with Crippen molar-refractivity contribution in [3.8, 4) is 0 Å². The third-order valence-corrected chi connectivity index (χ3v) is 1.90. The van der Waals surface area contributed by atoms with Gasteiger partial charge in [0.2, 0.25) is 0 Å². The summed E-state index contributed by atoms with van der Waals surface area (Å²) in [6.45, 7) is 1.88. The Balaban J connectivity index is 2.92. The molecule has 1 aromatic rings. The Bertz CT molecular complexity index is 385. The summed E-state index contributed by atoms with van der Waals surface area (Å²) < 4.78 is 4.87. The summed E-state index contributed by atoms with van der Waals surface area (Å²) in [7, 11) is 1.57. The Morgan fingerprint density at radius 1 is 1.60 bits per heavy atom. The van der Waals surface area contributed by atoms with E-state index in [1.807, 2.05) is 6.92 Å². The van der Waals surface area contributed by atoms with Crippen molar-refractivity contribution in [2.24, 2.45) is 0 Å². The molecule has 15 heavy (non-hydrogen) atoms. The molecular weight excluding hydrogens is 194 g/mol. The number of ether oxygens (including phenoxy) is 1. The Labute approximate surface area is 88.2 Å². The monoisotopic (exact) mass is 207 g/mol. The van der Waals surface area contributed by atoms with Gasteiger partial charge in [0.25, 0.3) is 0 Å². The van der Waals surface area contributed by atoms with Crippen LogP contribution < -0.4 is 0 Å². The fourth-order valence-corrected chi connectivity index (χ4v) is 1.22. The van der Waals surface area contributed by atoms with Gasteiger partial charge in [0.05, 0.1) is 19.8 Å². The fourth-order valence-electron chi connectivity index (χ4n) is 1.22. The van der Waals surface area contributed by atoms with E-state index in [0.717, 1.165) is 11.1 Å². The van der Waals surface area contributed by atoms with Gasteiger partial charge in [-0.2, -0.15) is 0 Å². The summed E-state index contributed by atoms with van der Waals surface area (Å²) in [5, 5.41) is 8.63. The van der Waals surface area contributed by atoms with Crippen LogP contribution in [0.2, 0.25) is 0 Å². The minimum absolute atomic E-state index is 0.0128. The zero-order valence-electron chi connectivity index (χ0n) is 8.73. The maximum atomic E-state index is 10.5. The zero-order chi connectivity index (χ0) is 11.3. The van der Waals surface area contributed by atoms with Gasteiger partial charge in [0, 0.05) is 12.4 Å². The third kappa shape index (κ3) is 3.42. The van der Waals surface area contributed by atoms with Crippen LogP contribution in [0, 0.1) is 0 Å². The molecule has 0 saturated carbocycles. The van der Waals surface area contributed by atoms with Crippen LogP contribution in [0.15, 0.2) is 24.7 Å². The number of methoxy groups -OCH3 is 1. The van der Waals surface area contributed by atoms with Crippen molar-refractivity contribution in [3.05, 3.63) is 35.8 Å². The smallest absolute Gasteiger partial charge is 0.307 e. The molecule has 0 saturated heterocycles. The summed E-state index contributed by atoms with van der Waals surface area (Å²) in [5.74, 6) is -0.859. The molecule has 4 heteroatoms. The molecule has 0 bridgehead atoms. The van der Waals surface area contributed by atoms with Crippen molar-refractivity contribution in [2.75, 3.05) is 7.11 Å². The molecular formula is C11H13NO3. The Kier molecular flexibility index (Phi) is 3.85. The Morgan fingerprint density at radius 2 is 2.33 bits per heavy atom. The maximum Gasteiger partial charge on any atom is 0.307 e. The molecule has 0 spiro atoms. The molecule has 0 radical (unpaired) electrons. The molecule has 1 aromatic heterocycles. The van der Waals surface area contributed by atoms with Crippen LogP contribution in [0.4, 0.5) is 0 Å². The first kappa shape index (κ1) is 11.2. The van der Waals surface area contributed by atoms with Crippen molar-refractivity contribution in [1.29, 1.82) is 0 Å². The lowest BCUT2D eigenvalue weighted by molar-refractivity contribution is -0.136. The highest BCUT2D eigenvalue weighted by atomic mass is 16.5. The molecule has 80 valence electrons. The minimum Gasteiger partial charge on any atom is -0.504 e. The summed E-state index contributed by atoms with van der Waals surface area (Å²) in [5.41, 5.74) is 2.47. The third-order valence-electron chi connectivity index (χ3n) is 1.90. The van der Waals surface area contributed by atoms with E-state index in [9.17, 15) is 4.79 Å². The molecule has 0 fully saturated rings. The molecule has 0 atom stereocenters. The minimum atomic E-state index is -0.859. The summed E-state index contributed by atoms with van der Waals surface area (Å²) in [6.07, 6.45) is 4.82. The van der Waals surface area contributed by atoms with E-state index in [1.165, 1.54) is 0 Å². The SMILES string of the molecule is COC=C(C)c1cncc(CC(=O)O)c1. The molecule has 0 aliphatic heterocycles. The topological polar surface area (TPSA) is 59.4 Å². The van der Waals surface area contributed by atoms with Crippen molar-refractivity contribution in [1.82, 2.24) is 4.98 Å². The second-order valence-electron chi connectivity index (χ2n) is 3.19. The van der Waals surface area contributed by atoms with E-state index in [1.54, 1.807) is 31.8 Å². The number of nitrogens with zero attached hydrogens (tertiary/aromatic N) is 1. The molecule has 0 amide bonds. The molecule has 1 rings (SSSR count). The van der Waals surface area contributed by atoms with Gasteiger partial charge in [-0.1, -0.05) is 0 Å². The summed E-state index contributed by atoms with van der Waals surface area (Å²) in [4.78, 5) is 14.5. The van der Waals surface area contributed by atoms with Crippen LogP contribution in [-0.4, -0.2) is 23.2 Å². The van der Waals surface area contributed by atoms with Gasteiger partial charge in [0.1, 0.15) is 0 Å². The predicted molar refractivity (Wildman–Crippen MR) is 56.2 cm³/mol. The number of aromatic nitrogens is 1. The average molecular weight is 207 g/mol. The second kappa shape index (κ2) is 5.14. The number of carboxylic acids is 1. The number of hydrogen-bond acceptors (Lipinski definition) is 3. The van der Waals surface area contributed by atoms with Gasteiger partial charge >= 0.3 is 5.97 Å². The van der Waals surface area contributed by atoms with Gasteiger partial charge in [0.15, 0.2) is 0 Å². The molecule has 1 N–H and O–H groups in total. The standard InChI is InChI=1S/C11H13NO3/c1-8(7-15-2)10-3-9(4-11(13)14)5-12-6-10/h3,5-7H,4H2,1-2H3,(H,13,14). The lowest BCUT2D eigenvalue weighted by atomic mass is 10.1. The Hall–Kier alpha value is -1.84. The van der Waals surface area contributed by atoms with Crippen LogP contribution in [0.3, 0.4) is 0 Å². The number of carboxylic acid groups (broad SMARTS) is 1. The molecule has 0 aromatic carbocycles. The number of allylic oxidation sites excluding steroid dienone is 1. The van der Waals surface area contributed by atoms with Crippen LogP contribution in [0.25, 0.3) is 5.57 Å². The van der Waals surface area contributed by atoms with Crippen LogP contribution >= 0.6 is 0 Å². The summed E-state index contributed by atoms with van der Waals surface area (Å²) >= 11 is 0. The second-order valence-corrected chi connectivity index (χ2v) is 3.19. The predicted octanol–water partition coefficient (Wildman–Crippen LogP) is 1.72. The Morgan fingerprint density at radius 3 is 2.93 bits per heavy atom. The van der Waals surface area contributed by atoms with Gasteiger partial charge in [-0.3, -0.25) is 9.78 Å². The first-order chi connectivity index (χ1) is 7.13. The normalized spacial score (nSPS) is 11.2. The quantitative estimate of drug-likeness (QED) is 0.763. The van der Waals surface area contributed by atoms with Crippen LogP contribution in [0.5, 0.6) is 0 Å². The van der Waals surface area contributed by atoms with E-state index in [-0.39, 0.29) is 6.42 Å². The van der Waals surface area contributed by atoms with E-state index in [4.69, 9.17) is 9.84 Å². The van der Waals surface area contributed by atoms with Crippen LogP contribution in [0.1, 0.15) is 18.1 Å². The average Bonchev–Trinajstić information content (AvgIpc) is 2.17. The van der Waals surface area contributed by atoms with Gasteiger partial charge in [-0.05, 0) is 29.7 Å². The van der Waals surface area contributed by atoms with Crippen molar-refractivity contribution in [2.45, 2.75) is 13.3 Å². The molecule has 4 nitrogen and oxygen atoms in total. The number of hydrogen-bond donors (Lipinski definition) is 1. The van der Waals surface area contributed by atoms with E-state index < -0.39 is 5.97 Å². The highest BCUT2D eigenvalue weighted by molar-refractivity contribution is 5.71. The van der Waals surface area contributed by atoms with Crippen LogP contribution in [-0.2, 0) is 16.0 Å². The van der Waals surface area contributed by atoms with Crippen molar-refractivity contribution >= 4 is 11.5 Å². The molecule has 0 aliphatic carbocycles. The molecule has 1 heterocycles. The van der Waals surface area contributed by atoms with Gasteiger partial charge in [-0.25, -0.2) is 0 Å². The van der Waals surface area contributed by atoms with Crippen molar-refractivity contribution < 1.29 is 14.6 Å². The number of pyridine rings is 1. The number of aliphatic carboxylic acids is 1. The largest absolute Gasteiger partial charge is 0.504 e. The first-order valence-electron chi connectivity index (χ1n) is 4.49. The summed E-state index contributed by atoms with van der Waals surface area (Å²) in [6, 6.07) is 1.80. The van der Waals surface area contributed by atoms with E-state index in [0.29, 0.717) is 5.56 Å². The fraction of sp³-hybridized carbons (Fsp3) is 0.273. The van der Waals surface area contributed by atoms with E-state index in [2.05, 4.69) is 4.98 Å². The van der Waals surface area contributed by atoms with Gasteiger partial charge < -0.3 is 9.84 Å². The highest BCUT2D eigenvalue weighted by Crippen LogP contribution is 2.14. The lowest BCUT2D eigenvalue weighted by Gasteiger charge is -2.03. The lowest BCUT2D eigenvalue weighted by Crippen LogP contribution is -2.01. The number of rotatable bonds is 4. The maximum absolute atomic E-state index is 10.5. The number of carbonyl (C=O) groups is 1. The highest BCUT2D eigenvalue weighted by Gasteiger charge is 2.03. The molecule has 0 unspecified atom stereocenters. The molecule has 0 aliphatic rings. The van der Waals surface area contributed by atoms with E-state index >= 15 is 0 Å². The zero-order valence-corrected chi connectivity index (χ0v) is 8.73. The van der Waals surface area contributed by atoms with Crippen molar-refractivity contribution in [3.63, 3.8) is 0 Å². The van der Waals surface area contributed by atoms with Gasteiger partial charge in [-0.15, -0.1) is 0 Å².